The molecule has 1 amide bonds. The summed E-state index contributed by atoms with van der Waals surface area (Å²) >= 11 is 0. The molecule has 0 saturated carbocycles. The summed E-state index contributed by atoms with van der Waals surface area (Å²) in [4.78, 5) is 11.3. The number of amides is 1. The molecule has 24 heavy (non-hydrogen) atoms. The largest absolute Gasteiger partial charge is 0.508 e. The summed E-state index contributed by atoms with van der Waals surface area (Å²) in [5, 5.41) is 28.9. The first-order valence-corrected chi connectivity index (χ1v) is 7.15. The molecule has 0 saturated heterocycles. The number of para-hydroxylation sites is 2. The van der Waals surface area contributed by atoms with Crippen LogP contribution in [0.2, 0.25) is 0 Å². The molecule has 1 heterocycles. The Morgan fingerprint density at radius 2 is 1.96 bits per heavy atom. The van der Waals surface area contributed by atoms with E-state index in [9.17, 15) is 15.0 Å². The van der Waals surface area contributed by atoms with E-state index >= 15 is 0 Å². The number of benzene rings is 2. The number of aromatic amines is 1. The summed E-state index contributed by atoms with van der Waals surface area (Å²) < 4.78 is 5.84. The van der Waals surface area contributed by atoms with Gasteiger partial charge in [0.25, 0.3) is 0 Å². The highest BCUT2D eigenvalue weighted by Crippen LogP contribution is 2.39. The Bertz CT molecular complexity index is 889. The fourth-order valence-electron chi connectivity index (χ4n) is 2.24. The number of nitrogens with zero attached hydrogens (tertiary/aromatic N) is 1. The lowest BCUT2D eigenvalue weighted by atomic mass is 10.1. The van der Waals surface area contributed by atoms with Gasteiger partial charge in [-0.1, -0.05) is 12.1 Å². The van der Waals surface area contributed by atoms with Crippen LogP contribution in [0.25, 0.3) is 11.3 Å². The Labute approximate surface area is 137 Å². The molecule has 7 nitrogen and oxygen atoms in total. The fraction of sp³-hybridized carbons (Fsp3) is 0.0588. The number of nitrogens with one attached hydrogen (secondary N) is 2. The van der Waals surface area contributed by atoms with E-state index in [-0.39, 0.29) is 17.4 Å². The maximum atomic E-state index is 11.3. The second kappa shape index (κ2) is 6.33. The predicted molar refractivity (Wildman–Crippen MR) is 88.2 cm³/mol. The third-order valence-electron chi connectivity index (χ3n) is 3.26. The van der Waals surface area contributed by atoms with Crippen LogP contribution in [-0.2, 0) is 4.79 Å². The van der Waals surface area contributed by atoms with Crippen molar-refractivity contribution in [1.82, 2.24) is 10.2 Å². The lowest BCUT2D eigenvalue weighted by Crippen LogP contribution is -2.06. The summed E-state index contributed by atoms with van der Waals surface area (Å²) in [6.45, 7) is 1.41. The first kappa shape index (κ1) is 15.4. The number of phenols is 2. The zero-order valence-corrected chi connectivity index (χ0v) is 12.8. The van der Waals surface area contributed by atoms with Crippen molar-refractivity contribution in [3.8, 4) is 34.3 Å². The average molecular weight is 325 g/mol. The topological polar surface area (TPSA) is 107 Å². The number of hydrogen-bond donors (Lipinski definition) is 4. The van der Waals surface area contributed by atoms with E-state index in [1.165, 1.54) is 31.3 Å². The monoisotopic (exact) mass is 325 g/mol. The Balaban J connectivity index is 1.96. The molecule has 2 aromatic carbocycles. The lowest BCUT2D eigenvalue weighted by molar-refractivity contribution is -0.114. The molecule has 7 heteroatoms. The van der Waals surface area contributed by atoms with Gasteiger partial charge in [0.15, 0.2) is 11.5 Å². The number of ether oxygens (including phenoxy) is 1. The van der Waals surface area contributed by atoms with Crippen LogP contribution in [0.5, 0.6) is 23.0 Å². The van der Waals surface area contributed by atoms with E-state index in [2.05, 4.69) is 15.5 Å². The van der Waals surface area contributed by atoms with Gasteiger partial charge in [0.1, 0.15) is 17.2 Å². The standard InChI is InChI=1S/C17H15N3O4/c1-10(21)19-13-4-2-3-5-15(13)24-16-9-18-20-17(16)12-7-6-11(22)8-14(12)23/h2-9,22-23H,1H3,(H,18,20)(H,19,21). The molecule has 0 bridgehead atoms. The van der Waals surface area contributed by atoms with Crippen molar-refractivity contribution in [2.45, 2.75) is 6.92 Å². The second-order valence-corrected chi connectivity index (χ2v) is 5.08. The van der Waals surface area contributed by atoms with Gasteiger partial charge in [-0.15, -0.1) is 0 Å². The summed E-state index contributed by atoms with van der Waals surface area (Å²) in [6.07, 6.45) is 1.53. The molecule has 3 rings (SSSR count). The molecule has 0 radical (unpaired) electrons. The first-order chi connectivity index (χ1) is 11.5. The molecule has 3 aromatic rings. The number of carbonyl (C=O) groups excluding carboxylic acids is 1. The maximum Gasteiger partial charge on any atom is 0.221 e. The Hall–Kier alpha value is -3.48. The van der Waals surface area contributed by atoms with Crippen molar-refractivity contribution in [3.05, 3.63) is 48.7 Å². The predicted octanol–water partition coefficient (Wildman–Crippen LogP) is 3.24. The van der Waals surface area contributed by atoms with Gasteiger partial charge in [-0.05, 0) is 24.3 Å². The van der Waals surface area contributed by atoms with Crippen molar-refractivity contribution in [2.75, 3.05) is 5.32 Å². The van der Waals surface area contributed by atoms with Crippen LogP contribution >= 0.6 is 0 Å². The lowest BCUT2D eigenvalue weighted by Gasteiger charge is -2.11. The number of anilines is 1. The van der Waals surface area contributed by atoms with Crippen molar-refractivity contribution in [1.29, 1.82) is 0 Å². The van der Waals surface area contributed by atoms with Gasteiger partial charge in [0.2, 0.25) is 5.91 Å². The number of H-pyrrole nitrogens is 1. The van der Waals surface area contributed by atoms with Gasteiger partial charge in [-0.3, -0.25) is 9.89 Å². The molecule has 0 aliphatic heterocycles. The molecule has 0 fully saturated rings. The van der Waals surface area contributed by atoms with Crippen LogP contribution in [0.4, 0.5) is 5.69 Å². The minimum Gasteiger partial charge on any atom is -0.508 e. The van der Waals surface area contributed by atoms with Crippen LogP contribution in [0.15, 0.2) is 48.7 Å². The Morgan fingerprint density at radius 3 is 2.71 bits per heavy atom. The smallest absolute Gasteiger partial charge is 0.221 e. The average Bonchev–Trinajstić information content (AvgIpc) is 2.97. The molecule has 0 aliphatic rings. The molecule has 0 atom stereocenters. The second-order valence-electron chi connectivity index (χ2n) is 5.08. The summed E-state index contributed by atoms with van der Waals surface area (Å²) in [7, 11) is 0. The van der Waals surface area contributed by atoms with Crippen molar-refractivity contribution in [3.63, 3.8) is 0 Å². The van der Waals surface area contributed by atoms with Crippen LogP contribution in [0.1, 0.15) is 6.92 Å². The van der Waals surface area contributed by atoms with Gasteiger partial charge >= 0.3 is 0 Å². The van der Waals surface area contributed by atoms with Crippen molar-refractivity contribution >= 4 is 11.6 Å². The van der Waals surface area contributed by atoms with Crippen LogP contribution in [0.3, 0.4) is 0 Å². The summed E-state index contributed by atoms with van der Waals surface area (Å²) in [5.41, 5.74) is 1.30. The third-order valence-corrected chi connectivity index (χ3v) is 3.26. The SMILES string of the molecule is CC(=O)Nc1ccccc1Oc1c[nH]nc1-c1ccc(O)cc1O. The van der Waals surface area contributed by atoms with E-state index in [1.54, 1.807) is 24.3 Å². The van der Waals surface area contributed by atoms with E-state index in [0.29, 0.717) is 28.4 Å². The molecule has 122 valence electrons. The third kappa shape index (κ3) is 3.14. The molecule has 0 aliphatic carbocycles. The van der Waals surface area contributed by atoms with Crippen LogP contribution in [0, 0.1) is 0 Å². The van der Waals surface area contributed by atoms with Gasteiger partial charge < -0.3 is 20.3 Å². The van der Waals surface area contributed by atoms with Gasteiger partial charge in [-0.2, -0.15) is 5.10 Å². The van der Waals surface area contributed by atoms with Gasteiger partial charge in [-0.25, -0.2) is 0 Å². The number of rotatable bonds is 4. The fourth-order valence-corrected chi connectivity index (χ4v) is 2.24. The van der Waals surface area contributed by atoms with Crippen molar-refractivity contribution < 1.29 is 19.7 Å². The molecule has 4 N–H and O–H groups in total. The van der Waals surface area contributed by atoms with E-state index in [4.69, 9.17) is 4.74 Å². The minimum absolute atomic E-state index is 0.0507. The van der Waals surface area contributed by atoms with Gasteiger partial charge in [0, 0.05) is 18.6 Å². The van der Waals surface area contributed by atoms with E-state index in [0.717, 1.165) is 0 Å². The summed E-state index contributed by atoms with van der Waals surface area (Å²) in [5.74, 6) is 0.421. The van der Waals surface area contributed by atoms with Crippen LogP contribution in [-0.4, -0.2) is 26.3 Å². The Morgan fingerprint density at radius 1 is 1.17 bits per heavy atom. The first-order valence-electron chi connectivity index (χ1n) is 7.15. The molecule has 0 unspecified atom stereocenters. The minimum atomic E-state index is -0.213. The van der Waals surface area contributed by atoms with Crippen LogP contribution < -0.4 is 10.1 Å². The molecule has 1 aromatic heterocycles. The van der Waals surface area contributed by atoms with E-state index < -0.39 is 0 Å². The molecule has 0 spiro atoms. The number of phenolic OH excluding ortho intramolecular Hbond substituents is 2. The van der Waals surface area contributed by atoms with Gasteiger partial charge in [0.05, 0.1) is 11.9 Å². The molecular weight excluding hydrogens is 310 g/mol. The molecular formula is C17H15N3O4. The highest BCUT2D eigenvalue weighted by atomic mass is 16.5. The highest BCUT2D eigenvalue weighted by molar-refractivity contribution is 5.90. The summed E-state index contributed by atoms with van der Waals surface area (Å²) in [6, 6.07) is 11.2. The zero-order valence-electron chi connectivity index (χ0n) is 12.8. The normalized spacial score (nSPS) is 10.4. The number of carbonyl (C=O) groups is 1. The zero-order chi connectivity index (χ0) is 17.1. The van der Waals surface area contributed by atoms with Crippen molar-refractivity contribution in [2.24, 2.45) is 0 Å². The quantitative estimate of drug-likeness (QED) is 0.589. The number of aromatic hydroxyl groups is 2. The highest BCUT2D eigenvalue weighted by Gasteiger charge is 2.16. The van der Waals surface area contributed by atoms with E-state index in [1.807, 2.05) is 0 Å². The Kier molecular flexibility index (Phi) is 4.07. The number of hydrogen-bond acceptors (Lipinski definition) is 5. The maximum absolute atomic E-state index is 11.3. The number of aromatic nitrogens is 2.